The van der Waals surface area contributed by atoms with Crippen molar-refractivity contribution in [1.82, 2.24) is 0 Å². The third kappa shape index (κ3) is 16.4. The van der Waals surface area contributed by atoms with Gasteiger partial charge in [0.05, 0.1) is 0 Å². The Morgan fingerprint density at radius 3 is 1.64 bits per heavy atom. The number of carbonyl (C=O) groups excluding carboxylic acids is 1. The Bertz CT molecular complexity index is 325. The zero-order chi connectivity index (χ0) is 18.8. The van der Waals surface area contributed by atoms with Crippen molar-refractivity contribution in [1.29, 1.82) is 0 Å². The van der Waals surface area contributed by atoms with Gasteiger partial charge in [0.1, 0.15) is 0 Å². The lowest BCUT2D eigenvalue weighted by Crippen LogP contribution is -2.21. The average molecular weight is 355 g/mol. The molecule has 0 aliphatic carbocycles. The molecule has 0 rings (SSSR count). The second-order valence-corrected chi connectivity index (χ2v) is 7.10. The highest BCUT2D eigenvalue weighted by Crippen LogP contribution is 2.15. The Hall–Kier alpha value is -0.830. The smallest absolute Gasteiger partial charge is 0.335 e. The SMILES string of the molecule is C=C(C)C(=O)OC(CCCCCCCCCCCCCCC)OCC. The molecule has 0 aliphatic heterocycles. The van der Waals surface area contributed by atoms with Crippen LogP contribution in [0.25, 0.3) is 0 Å². The predicted octanol–water partition coefficient (Wildman–Crippen LogP) is 6.95. The lowest BCUT2D eigenvalue weighted by Gasteiger charge is -2.17. The lowest BCUT2D eigenvalue weighted by molar-refractivity contribution is -0.174. The molecule has 0 aliphatic rings. The van der Waals surface area contributed by atoms with Crippen LogP contribution >= 0.6 is 0 Å². The Morgan fingerprint density at radius 2 is 1.24 bits per heavy atom. The molecule has 0 amide bonds. The van der Waals surface area contributed by atoms with E-state index in [0.29, 0.717) is 12.2 Å². The van der Waals surface area contributed by atoms with Crippen LogP contribution in [0.1, 0.15) is 111 Å². The van der Waals surface area contributed by atoms with E-state index in [2.05, 4.69) is 13.5 Å². The van der Waals surface area contributed by atoms with Gasteiger partial charge in [0.15, 0.2) is 0 Å². The number of ether oxygens (including phenoxy) is 2. The molecular weight excluding hydrogens is 312 g/mol. The van der Waals surface area contributed by atoms with Crippen LogP contribution in [-0.2, 0) is 14.3 Å². The zero-order valence-corrected chi connectivity index (χ0v) is 17.1. The van der Waals surface area contributed by atoms with Crippen LogP contribution in [0.3, 0.4) is 0 Å². The molecular formula is C22H42O3. The number of rotatable bonds is 18. The van der Waals surface area contributed by atoms with Gasteiger partial charge in [0.2, 0.25) is 6.29 Å². The first-order valence-corrected chi connectivity index (χ1v) is 10.6. The van der Waals surface area contributed by atoms with Gasteiger partial charge in [0.25, 0.3) is 0 Å². The van der Waals surface area contributed by atoms with E-state index >= 15 is 0 Å². The molecule has 0 saturated carbocycles. The van der Waals surface area contributed by atoms with Crippen molar-refractivity contribution in [2.45, 2.75) is 117 Å². The van der Waals surface area contributed by atoms with Crippen molar-refractivity contribution >= 4 is 5.97 Å². The molecule has 3 heteroatoms. The van der Waals surface area contributed by atoms with Gasteiger partial charge in [-0.25, -0.2) is 4.79 Å². The highest BCUT2D eigenvalue weighted by Gasteiger charge is 2.14. The van der Waals surface area contributed by atoms with E-state index in [-0.39, 0.29) is 5.97 Å². The summed E-state index contributed by atoms with van der Waals surface area (Å²) in [6.45, 7) is 10.0. The highest BCUT2D eigenvalue weighted by atomic mass is 16.7. The molecule has 0 aromatic carbocycles. The van der Waals surface area contributed by atoms with Crippen LogP contribution in [0.15, 0.2) is 12.2 Å². The summed E-state index contributed by atoms with van der Waals surface area (Å²) in [5.41, 5.74) is 0.426. The molecule has 0 saturated heterocycles. The minimum atomic E-state index is -0.415. The molecule has 1 unspecified atom stereocenters. The molecule has 0 spiro atoms. The Kier molecular flexibility index (Phi) is 17.4. The average Bonchev–Trinajstić information content (AvgIpc) is 2.58. The minimum absolute atomic E-state index is 0.354. The molecule has 1 atom stereocenters. The Labute approximate surface area is 156 Å². The molecule has 0 aromatic heterocycles. The van der Waals surface area contributed by atoms with Crippen molar-refractivity contribution in [3.63, 3.8) is 0 Å². The fourth-order valence-electron chi connectivity index (χ4n) is 2.91. The summed E-state index contributed by atoms with van der Waals surface area (Å²) in [4.78, 5) is 11.6. The van der Waals surface area contributed by atoms with E-state index in [9.17, 15) is 4.79 Å². The number of esters is 1. The summed E-state index contributed by atoms with van der Waals surface area (Å²) in [7, 11) is 0. The summed E-state index contributed by atoms with van der Waals surface area (Å²) in [6, 6.07) is 0. The zero-order valence-electron chi connectivity index (χ0n) is 17.1. The second kappa shape index (κ2) is 18.0. The van der Waals surface area contributed by atoms with Gasteiger partial charge < -0.3 is 9.47 Å². The van der Waals surface area contributed by atoms with Gasteiger partial charge in [-0.2, -0.15) is 0 Å². The van der Waals surface area contributed by atoms with Crippen LogP contribution in [0, 0.1) is 0 Å². The van der Waals surface area contributed by atoms with Crippen molar-refractivity contribution in [2.24, 2.45) is 0 Å². The molecule has 0 radical (unpaired) electrons. The summed E-state index contributed by atoms with van der Waals surface area (Å²) in [6.07, 6.45) is 17.7. The fraction of sp³-hybridized carbons (Fsp3) is 0.864. The molecule has 0 heterocycles. The van der Waals surface area contributed by atoms with E-state index in [4.69, 9.17) is 9.47 Å². The highest BCUT2D eigenvalue weighted by molar-refractivity contribution is 5.86. The first-order chi connectivity index (χ1) is 12.1. The van der Waals surface area contributed by atoms with Crippen LogP contribution < -0.4 is 0 Å². The van der Waals surface area contributed by atoms with Crippen LogP contribution in [0.2, 0.25) is 0 Å². The van der Waals surface area contributed by atoms with Gasteiger partial charge >= 0.3 is 5.97 Å². The molecule has 3 nitrogen and oxygen atoms in total. The summed E-state index contributed by atoms with van der Waals surface area (Å²) < 4.78 is 10.8. The second-order valence-electron chi connectivity index (χ2n) is 7.10. The van der Waals surface area contributed by atoms with Gasteiger partial charge in [-0.1, -0.05) is 90.6 Å². The summed E-state index contributed by atoms with van der Waals surface area (Å²) in [5, 5.41) is 0. The molecule has 148 valence electrons. The molecule has 0 fully saturated rings. The Morgan fingerprint density at radius 1 is 0.800 bits per heavy atom. The maximum atomic E-state index is 11.6. The molecule has 0 bridgehead atoms. The van der Waals surface area contributed by atoms with Crippen LogP contribution in [0.4, 0.5) is 0 Å². The number of unbranched alkanes of at least 4 members (excludes halogenated alkanes) is 12. The van der Waals surface area contributed by atoms with Crippen LogP contribution in [-0.4, -0.2) is 18.9 Å². The quantitative estimate of drug-likeness (QED) is 0.116. The van der Waals surface area contributed by atoms with Gasteiger partial charge in [-0.3, -0.25) is 0 Å². The standard InChI is InChI=1S/C22H42O3/c1-5-7-8-9-10-11-12-13-14-15-16-17-18-19-21(24-6-2)25-22(23)20(3)4/h21H,3,5-19H2,1-2,4H3. The lowest BCUT2D eigenvalue weighted by atomic mass is 10.0. The third-order valence-corrected chi connectivity index (χ3v) is 4.48. The molecule has 0 N–H and O–H groups in total. The number of hydrogen-bond donors (Lipinski definition) is 0. The fourth-order valence-corrected chi connectivity index (χ4v) is 2.91. The van der Waals surface area contributed by atoms with E-state index in [1.165, 1.54) is 77.0 Å². The van der Waals surface area contributed by atoms with Crippen molar-refractivity contribution in [3.8, 4) is 0 Å². The predicted molar refractivity (Wildman–Crippen MR) is 107 cm³/mol. The first kappa shape index (κ1) is 24.2. The third-order valence-electron chi connectivity index (χ3n) is 4.48. The molecule has 0 aromatic rings. The van der Waals surface area contributed by atoms with Gasteiger partial charge in [-0.05, 0) is 20.3 Å². The van der Waals surface area contributed by atoms with Crippen molar-refractivity contribution in [3.05, 3.63) is 12.2 Å². The maximum absolute atomic E-state index is 11.6. The monoisotopic (exact) mass is 354 g/mol. The first-order valence-electron chi connectivity index (χ1n) is 10.6. The summed E-state index contributed by atoms with van der Waals surface area (Å²) >= 11 is 0. The maximum Gasteiger partial charge on any atom is 0.335 e. The normalized spacial score (nSPS) is 12.1. The summed E-state index contributed by atoms with van der Waals surface area (Å²) in [5.74, 6) is -0.354. The van der Waals surface area contributed by atoms with E-state index < -0.39 is 6.29 Å². The number of carbonyl (C=O) groups is 1. The van der Waals surface area contributed by atoms with E-state index in [1.54, 1.807) is 6.92 Å². The molecule has 25 heavy (non-hydrogen) atoms. The minimum Gasteiger partial charge on any atom is -0.432 e. The number of hydrogen-bond acceptors (Lipinski definition) is 3. The van der Waals surface area contributed by atoms with Gasteiger partial charge in [-0.15, -0.1) is 0 Å². The van der Waals surface area contributed by atoms with Crippen molar-refractivity contribution in [2.75, 3.05) is 6.61 Å². The topological polar surface area (TPSA) is 35.5 Å². The van der Waals surface area contributed by atoms with Crippen LogP contribution in [0.5, 0.6) is 0 Å². The van der Waals surface area contributed by atoms with Crippen molar-refractivity contribution < 1.29 is 14.3 Å². The Balaban J connectivity index is 3.45. The van der Waals surface area contributed by atoms with Gasteiger partial charge in [0, 0.05) is 18.6 Å². The van der Waals surface area contributed by atoms with E-state index in [0.717, 1.165) is 12.8 Å². The largest absolute Gasteiger partial charge is 0.432 e. The van der Waals surface area contributed by atoms with E-state index in [1.807, 2.05) is 6.92 Å².